The summed E-state index contributed by atoms with van der Waals surface area (Å²) in [6.07, 6.45) is 0. The molecule has 4 heteroatoms. The van der Waals surface area contributed by atoms with Crippen molar-refractivity contribution >= 4 is 28.3 Å². The van der Waals surface area contributed by atoms with E-state index in [1.165, 1.54) is 9.26 Å². The van der Waals surface area contributed by atoms with Crippen LogP contribution < -0.4 is 9.64 Å². The van der Waals surface area contributed by atoms with Gasteiger partial charge < -0.3 is 14.4 Å². The van der Waals surface area contributed by atoms with Gasteiger partial charge in [0.25, 0.3) is 0 Å². The molecule has 0 unspecified atom stereocenters. The molecule has 2 aromatic carbocycles. The Balaban J connectivity index is 1.67. The van der Waals surface area contributed by atoms with Gasteiger partial charge in [-0.3, -0.25) is 0 Å². The zero-order valence-electron chi connectivity index (χ0n) is 11.1. The van der Waals surface area contributed by atoms with Crippen molar-refractivity contribution in [2.24, 2.45) is 0 Å². The molecule has 0 saturated carbocycles. The van der Waals surface area contributed by atoms with Crippen LogP contribution >= 0.6 is 22.6 Å². The lowest BCUT2D eigenvalue weighted by Crippen LogP contribution is -2.36. The molecule has 0 amide bonds. The highest BCUT2D eigenvalue weighted by Crippen LogP contribution is 2.25. The van der Waals surface area contributed by atoms with Crippen LogP contribution in [0, 0.1) is 3.57 Å². The summed E-state index contributed by atoms with van der Waals surface area (Å²) < 4.78 is 12.4. The van der Waals surface area contributed by atoms with E-state index in [0.717, 1.165) is 37.8 Å². The number of hydrogen-bond donors (Lipinski definition) is 0. The maximum atomic E-state index is 5.83. The molecule has 1 fully saturated rings. The fourth-order valence-corrected chi connectivity index (χ4v) is 2.54. The van der Waals surface area contributed by atoms with E-state index in [-0.39, 0.29) is 0 Å². The highest BCUT2D eigenvalue weighted by atomic mass is 127. The molecule has 0 radical (unpaired) electrons. The van der Waals surface area contributed by atoms with Gasteiger partial charge in [0.05, 0.1) is 13.2 Å². The average Bonchev–Trinajstić information content (AvgIpc) is 2.51. The number of benzene rings is 2. The van der Waals surface area contributed by atoms with Crippen LogP contribution in [0.3, 0.4) is 0 Å². The number of morpholine rings is 1. The Bertz CT molecular complexity index is 548. The summed E-state index contributed by atoms with van der Waals surface area (Å²) in [7, 11) is 0. The summed E-state index contributed by atoms with van der Waals surface area (Å²) in [5, 5.41) is 0. The normalized spacial score (nSPS) is 15.2. The zero-order chi connectivity index (χ0) is 13.8. The minimum atomic E-state index is 0.806. The van der Waals surface area contributed by atoms with Crippen molar-refractivity contribution in [1.29, 1.82) is 0 Å². The monoisotopic (exact) mass is 381 g/mol. The second kappa shape index (κ2) is 6.45. The number of ether oxygens (including phenoxy) is 2. The Morgan fingerprint density at radius 2 is 1.40 bits per heavy atom. The summed E-state index contributed by atoms with van der Waals surface area (Å²) in [4.78, 5) is 2.33. The van der Waals surface area contributed by atoms with Crippen LogP contribution in [0.4, 0.5) is 5.69 Å². The van der Waals surface area contributed by atoms with Crippen molar-refractivity contribution in [3.63, 3.8) is 0 Å². The van der Waals surface area contributed by atoms with E-state index in [1.54, 1.807) is 0 Å². The van der Waals surface area contributed by atoms with Gasteiger partial charge in [0.1, 0.15) is 11.5 Å². The molecule has 1 heterocycles. The summed E-state index contributed by atoms with van der Waals surface area (Å²) in [5.41, 5.74) is 1.23. The van der Waals surface area contributed by atoms with Crippen molar-refractivity contribution in [3.05, 3.63) is 52.1 Å². The molecule has 2 aromatic rings. The molecule has 1 aliphatic heterocycles. The van der Waals surface area contributed by atoms with Gasteiger partial charge in [-0.25, -0.2) is 0 Å². The van der Waals surface area contributed by atoms with Crippen LogP contribution in [0.5, 0.6) is 11.5 Å². The third-order valence-electron chi connectivity index (χ3n) is 3.26. The van der Waals surface area contributed by atoms with Crippen LogP contribution in [0.25, 0.3) is 0 Å². The number of anilines is 1. The molecular weight excluding hydrogens is 365 g/mol. The predicted molar refractivity (Wildman–Crippen MR) is 88.7 cm³/mol. The molecule has 0 atom stereocenters. The highest BCUT2D eigenvalue weighted by Gasteiger charge is 2.10. The molecule has 0 aliphatic carbocycles. The summed E-state index contributed by atoms with van der Waals surface area (Å²) in [5.74, 6) is 1.73. The first kappa shape index (κ1) is 13.7. The molecule has 1 aliphatic rings. The quantitative estimate of drug-likeness (QED) is 0.753. The standard InChI is InChI=1S/C16H16INO2/c17-13-1-5-15(6-2-13)20-16-7-3-14(4-8-16)18-9-11-19-12-10-18/h1-8H,9-12H2. The van der Waals surface area contributed by atoms with Gasteiger partial charge in [0.15, 0.2) is 0 Å². The van der Waals surface area contributed by atoms with E-state index in [2.05, 4.69) is 39.6 Å². The molecular formula is C16H16INO2. The molecule has 0 spiro atoms. The third kappa shape index (κ3) is 3.43. The van der Waals surface area contributed by atoms with Gasteiger partial charge in [-0.05, 0) is 71.1 Å². The van der Waals surface area contributed by atoms with Gasteiger partial charge in [0.2, 0.25) is 0 Å². The number of hydrogen-bond acceptors (Lipinski definition) is 3. The van der Waals surface area contributed by atoms with Crippen LogP contribution in [-0.4, -0.2) is 26.3 Å². The maximum absolute atomic E-state index is 5.83. The van der Waals surface area contributed by atoms with E-state index in [9.17, 15) is 0 Å². The first-order valence-corrected chi connectivity index (χ1v) is 7.75. The van der Waals surface area contributed by atoms with E-state index >= 15 is 0 Å². The van der Waals surface area contributed by atoms with Crippen LogP contribution in [0.2, 0.25) is 0 Å². The van der Waals surface area contributed by atoms with E-state index in [0.29, 0.717) is 0 Å². The Kier molecular flexibility index (Phi) is 4.42. The average molecular weight is 381 g/mol. The van der Waals surface area contributed by atoms with Crippen LogP contribution in [0.1, 0.15) is 0 Å². The van der Waals surface area contributed by atoms with Gasteiger partial charge in [0, 0.05) is 22.3 Å². The first-order chi connectivity index (χ1) is 9.81. The SMILES string of the molecule is Ic1ccc(Oc2ccc(N3CCOCC3)cc2)cc1. The fourth-order valence-electron chi connectivity index (χ4n) is 2.19. The topological polar surface area (TPSA) is 21.7 Å². The third-order valence-corrected chi connectivity index (χ3v) is 3.98. The largest absolute Gasteiger partial charge is 0.457 e. The van der Waals surface area contributed by atoms with E-state index in [1.807, 2.05) is 36.4 Å². The minimum Gasteiger partial charge on any atom is -0.457 e. The van der Waals surface area contributed by atoms with Gasteiger partial charge in [-0.1, -0.05) is 0 Å². The maximum Gasteiger partial charge on any atom is 0.127 e. The van der Waals surface area contributed by atoms with Crippen molar-refractivity contribution in [2.75, 3.05) is 31.2 Å². The van der Waals surface area contributed by atoms with E-state index < -0.39 is 0 Å². The van der Waals surface area contributed by atoms with Crippen molar-refractivity contribution in [2.45, 2.75) is 0 Å². The number of nitrogens with zero attached hydrogens (tertiary/aromatic N) is 1. The Labute approximate surface area is 132 Å². The Morgan fingerprint density at radius 3 is 2.00 bits per heavy atom. The zero-order valence-corrected chi connectivity index (χ0v) is 13.2. The molecule has 1 saturated heterocycles. The smallest absolute Gasteiger partial charge is 0.127 e. The van der Waals surface area contributed by atoms with E-state index in [4.69, 9.17) is 9.47 Å². The second-order valence-electron chi connectivity index (χ2n) is 4.65. The van der Waals surface area contributed by atoms with Crippen molar-refractivity contribution in [1.82, 2.24) is 0 Å². The Hall–Kier alpha value is -1.27. The summed E-state index contributed by atoms with van der Waals surface area (Å²) in [6, 6.07) is 16.3. The van der Waals surface area contributed by atoms with Gasteiger partial charge in [-0.15, -0.1) is 0 Å². The lowest BCUT2D eigenvalue weighted by Gasteiger charge is -2.28. The van der Waals surface area contributed by atoms with Gasteiger partial charge in [-0.2, -0.15) is 0 Å². The molecule has 0 N–H and O–H groups in total. The molecule has 20 heavy (non-hydrogen) atoms. The van der Waals surface area contributed by atoms with Crippen molar-refractivity contribution in [3.8, 4) is 11.5 Å². The van der Waals surface area contributed by atoms with Crippen molar-refractivity contribution < 1.29 is 9.47 Å². The number of halogens is 1. The van der Waals surface area contributed by atoms with Gasteiger partial charge >= 0.3 is 0 Å². The van der Waals surface area contributed by atoms with Crippen LogP contribution in [-0.2, 0) is 4.74 Å². The lowest BCUT2D eigenvalue weighted by molar-refractivity contribution is 0.122. The first-order valence-electron chi connectivity index (χ1n) is 6.67. The molecule has 104 valence electrons. The molecule has 3 rings (SSSR count). The highest BCUT2D eigenvalue weighted by molar-refractivity contribution is 14.1. The molecule has 3 nitrogen and oxygen atoms in total. The van der Waals surface area contributed by atoms with Crippen LogP contribution in [0.15, 0.2) is 48.5 Å². The second-order valence-corrected chi connectivity index (χ2v) is 5.89. The predicted octanol–water partition coefficient (Wildman–Crippen LogP) is 3.92. The molecule has 0 aromatic heterocycles. The Morgan fingerprint density at radius 1 is 0.850 bits per heavy atom. The fraction of sp³-hybridized carbons (Fsp3) is 0.250. The molecule has 0 bridgehead atoms. The summed E-state index contributed by atoms with van der Waals surface area (Å²) >= 11 is 2.29. The number of rotatable bonds is 3. The lowest BCUT2D eigenvalue weighted by atomic mass is 10.2. The summed E-state index contributed by atoms with van der Waals surface area (Å²) in [6.45, 7) is 3.52. The minimum absolute atomic E-state index is 0.806.